The number of hydrogen-bond donors (Lipinski definition) is 5. The number of nitrogens with two attached hydrogens (primary N) is 2. The van der Waals surface area contributed by atoms with Gasteiger partial charge in [-0.15, -0.1) is 0 Å². The first kappa shape index (κ1) is 26.3. The van der Waals surface area contributed by atoms with E-state index in [1.165, 1.54) is 0 Å². The molecule has 0 aliphatic carbocycles. The Morgan fingerprint density at radius 2 is 1.48 bits per heavy atom. The van der Waals surface area contributed by atoms with Gasteiger partial charge in [0.25, 0.3) is 0 Å². The van der Waals surface area contributed by atoms with Crippen LogP contribution in [-0.2, 0) is 4.74 Å². The molecule has 0 fully saturated rings. The van der Waals surface area contributed by atoms with Gasteiger partial charge in [0.15, 0.2) is 0 Å². The molecule has 0 spiro atoms. The van der Waals surface area contributed by atoms with Gasteiger partial charge in [-0.3, -0.25) is 0 Å². The molecule has 7 N–H and O–H groups in total. The first-order valence-corrected chi connectivity index (χ1v) is 9.12. The van der Waals surface area contributed by atoms with Gasteiger partial charge in [-0.1, -0.05) is 0 Å². The van der Waals surface area contributed by atoms with E-state index in [1.54, 1.807) is 4.90 Å². The summed E-state index contributed by atoms with van der Waals surface area (Å²) in [7, 11) is 0. The lowest BCUT2D eigenvalue weighted by Gasteiger charge is -2.27. The standard InChI is InChI=1S/C11H24N2O3.C6H16N2O/c1-11(2,3)16-10(15)13(7-4-6-12)8-5-9-14;7-3-1-4-8-5-2-6-9/h14H,4-9,12H2,1-3H3;8-9H,1-7H2. The maximum atomic E-state index is 11.8. The highest BCUT2D eigenvalue weighted by molar-refractivity contribution is 5.68. The molecular formula is C17H40N4O4. The van der Waals surface area contributed by atoms with E-state index in [1.807, 2.05) is 20.8 Å². The summed E-state index contributed by atoms with van der Waals surface area (Å²) in [5.41, 5.74) is 10.2. The zero-order chi connectivity index (χ0) is 19.6. The molecule has 0 radical (unpaired) electrons. The molecule has 0 bridgehead atoms. The number of aliphatic hydroxyl groups excluding tert-OH is 2. The van der Waals surface area contributed by atoms with Crippen molar-refractivity contribution in [3.05, 3.63) is 0 Å². The number of carbonyl (C=O) groups is 1. The van der Waals surface area contributed by atoms with E-state index >= 15 is 0 Å². The van der Waals surface area contributed by atoms with Crippen LogP contribution in [-0.4, -0.2) is 79.3 Å². The Hall–Kier alpha value is -0.930. The van der Waals surface area contributed by atoms with E-state index in [0.717, 1.165) is 38.9 Å². The zero-order valence-electron chi connectivity index (χ0n) is 16.3. The van der Waals surface area contributed by atoms with Crippen molar-refractivity contribution in [2.24, 2.45) is 11.5 Å². The maximum Gasteiger partial charge on any atom is 0.410 e. The summed E-state index contributed by atoms with van der Waals surface area (Å²) in [5.74, 6) is 0. The van der Waals surface area contributed by atoms with Crippen molar-refractivity contribution in [2.75, 3.05) is 52.5 Å². The third kappa shape index (κ3) is 21.0. The molecule has 152 valence electrons. The van der Waals surface area contributed by atoms with Gasteiger partial charge in [-0.05, 0) is 72.6 Å². The van der Waals surface area contributed by atoms with Gasteiger partial charge in [-0.2, -0.15) is 0 Å². The summed E-state index contributed by atoms with van der Waals surface area (Å²) < 4.78 is 5.26. The average molecular weight is 365 g/mol. The number of nitrogens with one attached hydrogen (secondary N) is 1. The van der Waals surface area contributed by atoms with Crippen LogP contribution < -0.4 is 16.8 Å². The Morgan fingerprint density at radius 1 is 0.960 bits per heavy atom. The molecule has 0 atom stereocenters. The monoisotopic (exact) mass is 364 g/mol. The molecule has 0 saturated carbocycles. The Morgan fingerprint density at radius 3 is 1.96 bits per heavy atom. The first-order chi connectivity index (χ1) is 11.8. The van der Waals surface area contributed by atoms with Crippen molar-refractivity contribution in [1.82, 2.24) is 10.2 Å². The fraction of sp³-hybridized carbons (Fsp3) is 0.941. The van der Waals surface area contributed by atoms with Crippen molar-refractivity contribution < 1.29 is 19.7 Å². The minimum atomic E-state index is -0.489. The third-order valence-electron chi connectivity index (χ3n) is 2.94. The summed E-state index contributed by atoms with van der Waals surface area (Å²) in [4.78, 5) is 13.3. The largest absolute Gasteiger partial charge is 0.444 e. The van der Waals surface area contributed by atoms with Crippen molar-refractivity contribution in [3.63, 3.8) is 0 Å². The minimum Gasteiger partial charge on any atom is -0.444 e. The molecule has 0 aromatic carbocycles. The fourth-order valence-electron chi connectivity index (χ4n) is 1.72. The molecule has 25 heavy (non-hydrogen) atoms. The lowest BCUT2D eigenvalue weighted by Crippen LogP contribution is -2.38. The number of amides is 1. The van der Waals surface area contributed by atoms with Gasteiger partial charge in [0.05, 0.1) is 0 Å². The van der Waals surface area contributed by atoms with Crippen LogP contribution in [0.15, 0.2) is 0 Å². The van der Waals surface area contributed by atoms with Gasteiger partial charge >= 0.3 is 6.09 Å². The van der Waals surface area contributed by atoms with Crippen molar-refractivity contribution in [3.8, 4) is 0 Å². The number of aliphatic hydroxyl groups is 2. The summed E-state index contributed by atoms with van der Waals surface area (Å²) >= 11 is 0. The van der Waals surface area contributed by atoms with Gasteiger partial charge in [0.2, 0.25) is 0 Å². The Labute approximate surface area is 152 Å². The van der Waals surface area contributed by atoms with E-state index in [2.05, 4.69) is 5.32 Å². The van der Waals surface area contributed by atoms with Crippen LogP contribution in [0.25, 0.3) is 0 Å². The molecule has 0 unspecified atom stereocenters. The number of hydrogen-bond acceptors (Lipinski definition) is 7. The summed E-state index contributed by atoms with van der Waals surface area (Å²) in [5, 5.41) is 20.3. The van der Waals surface area contributed by atoms with Crippen LogP contribution in [0.5, 0.6) is 0 Å². The van der Waals surface area contributed by atoms with Gasteiger partial charge in [0.1, 0.15) is 5.60 Å². The topological polar surface area (TPSA) is 134 Å². The Bertz CT molecular complexity index is 285. The first-order valence-electron chi connectivity index (χ1n) is 9.12. The van der Waals surface area contributed by atoms with E-state index < -0.39 is 5.60 Å². The van der Waals surface area contributed by atoms with Crippen LogP contribution in [0.2, 0.25) is 0 Å². The normalized spacial score (nSPS) is 10.8. The molecule has 0 heterocycles. The van der Waals surface area contributed by atoms with Crippen LogP contribution in [0.4, 0.5) is 4.79 Å². The predicted octanol–water partition coefficient (Wildman–Crippen LogP) is 0.262. The molecule has 0 aromatic rings. The number of ether oxygens (including phenoxy) is 1. The zero-order valence-corrected chi connectivity index (χ0v) is 16.3. The minimum absolute atomic E-state index is 0.0714. The average Bonchev–Trinajstić information content (AvgIpc) is 2.54. The van der Waals surface area contributed by atoms with Crippen LogP contribution in [0.1, 0.15) is 46.5 Å². The molecule has 0 saturated heterocycles. The lowest BCUT2D eigenvalue weighted by atomic mass is 10.2. The molecular weight excluding hydrogens is 324 g/mol. The predicted molar refractivity (Wildman–Crippen MR) is 101 cm³/mol. The van der Waals surface area contributed by atoms with Crippen molar-refractivity contribution in [1.29, 1.82) is 0 Å². The van der Waals surface area contributed by atoms with E-state index in [0.29, 0.717) is 26.1 Å². The van der Waals surface area contributed by atoms with Gasteiger partial charge in [0, 0.05) is 26.3 Å². The fourth-order valence-corrected chi connectivity index (χ4v) is 1.72. The van der Waals surface area contributed by atoms with Crippen LogP contribution in [0, 0.1) is 0 Å². The van der Waals surface area contributed by atoms with Crippen LogP contribution >= 0.6 is 0 Å². The Kier molecular flexibility index (Phi) is 18.8. The van der Waals surface area contributed by atoms with Crippen molar-refractivity contribution >= 4 is 6.09 Å². The highest BCUT2D eigenvalue weighted by atomic mass is 16.6. The maximum absolute atomic E-state index is 11.8. The molecule has 0 aliphatic rings. The number of carbonyl (C=O) groups excluding carboxylic acids is 1. The van der Waals surface area contributed by atoms with E-state index in [4.69, 9.17) is 26.4 Å². The smallest absolute Gasteiger partial charge is 0.410 e. The number of nitrogens with zero attached hydrogens (tertiary/aromatic N) is 1. The second-order valence-electron chi connectivity index (χ2n) is 6.66. The second-order valence-corrected chi connectivity index (χ2v) is 6.66. The molecule has 0 aliphatic heterocycles. The second kappa shape index (κ2) is 17.9. The summed E-state index contributed by atoms with van der Waals surface area (Å²) in [6.07, 6.45) is 2.82. The molecule has 8 heteroatoms. The summed E-state index contributed by atoms with van der Waals surface area (Å²) in [6, 6.07) is 0. The SMILES string of the molecule is CC(C)(C)OC(=O)N(CCCN)CCCO.NCCCNCCCO. The van der Waals surface area contributed by atoms with Gasteiger partial charge < -0.3 is 36.6 Å². The van der Waals surface area contributed by atoms with Gasteiger partial charge in [-0.25, -0.2) is 4.79 Å². The van der Waals surface area contributed by atoms with Crippen LogP contribution in [0.3, 0.4) is 0 Å². The Balaban J connectivity index is 0. The van der Waals surface area contributed by atoms with E-state index in [-0.39, 0.29) is 19.3 Å². The number of rotatable bonds is 12. The molecule has 1 amide bonds. The summed E-state index contributed by atoms with van der Waals surface area (Å²) in [6.45, 7) is 10.1. The molecule has 0 aromatic heterocycles. The molecule has 8 nitrogen and oxygen atoms in total. The lowest BCUT2D eigenvalue weighted by molar-refractivity contribution is 0.0239. The highest BCUT2D eigenvalue weighted by Crippen LogP contribution is 2.10. The third-order valence-corrected chi connectivity index (χ3v) is 2.94. The van der Waals surface area contributed by atoms with Crippen molar-refractivity contribution in [2.45, 2.75) is 52.1 Å². The van der Waals surface area contributed by atoms with E-state index in [9.17, 15) is 4.79 Å². The molecule has 0 rings (SSSR count). The quantitative estimate of drug-likeness (QED) is 0.314. The highest BCUT2D eigenvalue weighted by Gasteiger charge is 2.21.